The molecule has 3 nitrogen and oxygen atoms in total. The summed E-state index contributed by atoms with van der Waals surface area (Å²) in [6.07, 6.45) is 4.84. The highest BCUT2D eigenvalue weighted by atomic mass is 16.3. The van der Waals surface area contributed by atoms with Gasteiger partial charge in [0.1, 0.15) is 0 Å². The Labute approximate surface area is 91.4 Å². The summed E-state index contributed by atoms with van der Waals surface area (Å²) in [5.74, 6) is 0. The zero-order chi connectivity index (χ0) is 10.7. The fourth-order valence-corrected chi connectivity index (χ4v) is 2.22. The maximum Gasteiger partial charge on any atom is 0.0947 e. The highest BCUT2D eigenvalue weighted by molar-refractivity contribution is 5.05. The molecule has 84 valence electrons. The van der Waals surface area contributed by atoms with Gasteiger partial charge in [0.25, 0.3) is 0 Å². The van der Waals surface area contributed by atoms with E-state index in [0.717, 1.165) is 13.1 Å². The van der Waals surface area contributed by atoms with Crippen molar-refractivity contribution in [1.29, 1.82) is 0 Å². The predicted octanol–water partition coefficient (Wildman–Crippen LogP) is 1.85. The maximum absolute atomic E-state index is 5.07. The van der Waals surface area contributed by atoms with E-state index in [1.807, 2.05) is 12.3 Å². The molecule has 1 aliphatic rings. The molecule has 0 aromatic carbocycles. The van der Waals surface area contributed by atoms with E-state index in [4.69, 9.17) is 4.42 Å². The normalized spacial score (nSPS) is 22.7. The topological polar surface area (TPSA) is 28.4 Å². The summed E-state index contributed by atoms with van der Waals surface area (Å²) >= 11 is 0. The SMILES string of the molecule is CC(C)NC1CCN(Cc2ccoc2)C1. The van der Waals surface area contributed by atoms with Crippen LogP contribution in [0, 0.1) is 0 Å². The lowest BCUT2D eigenvalue weighted by molar-refractivity contribution is 0.316. The summed E-state index contributed by atoms with van der Waals surface area (Å²) in [5, 5.41) is 3.59. The van der Waals surface area contributed by atoms with Gasteiger partial charge < -0.3 is 9.73 Å². The van der Waals surface area contributed by atoms with Crippen LogP contribution in [0.4, 0.5) is 0 Å². The Balaban J connectivity index is 1.78. The van der Waals surface area contributed by atoms with Crippen LogP contribution in [0.25, 0.3) is 0 Å². The molecule has 0 bridgehead atoms. The smallest absolute Gasteiger partial charge is 0.0947 e. The molecule has 1 N–H and O–H groups in total. The van der Waals surface area contributed by atoms with Gasteiger partial charge in [0.2, 0.25) is 0 Å². The average Bonchev–Trinajstić information content (AvgIpc) is 2.77. The van der Waals surface area contributed by atoms with Crippen LogP contribution in [-0.2, 0) is 6.54 Å². The van der Waals surface area contributed by atoms with Gasteiger partial charge in [0.15, 0.2) is 0 Å². The molecular weight excluding hydrogens is 188 g/mol. The summed E-state index contributed by atoms with van der Waals surface area (Å²) in [5.41, 5.74) is 1.28. The van der Waals surface area contributed by atoms with Crippen molar-refractivity contribution >= 4 is 0 Å². The minimum Gasteiger partial charge on any atom is -0.472 e. The zero-order valence-corrected chi connectivity index (χ0v) is 9.57. The summed E-state index contributed by atoms with van der Waals surface area (Å²) < 4.78 is 5.07. The van der Waals surface area contributed by atoms with E-state index >= 15 is 0 Å². The third kappa shape index (κ3) is 3.08. The van der Waals surface area contributed by atoms with Crippen LogP contribution >= 0.6 is 0 Å². The van der Waals surface area contributed by atoms with Gasteiger partial charge in [-0.25, -0.2) is 0 Å². The quantitative estimate of drug-likeness (QED) is 0.818. The Bertz CT molecular complexity index is 282. The van der Waals surface area contributed by atoms with Crippen LogP contribution in [0.3, 0.4) is 0 Å². The van der Waals surface area contributed by atoms with Gasteiger partial charge in [-0.05, 0) is 12.5 Å². The second-order valence-corrected chi connectivity index (χ2v) is 4.67. The molecule has 1 atom stereocenters. The van der Waals surface area contributed by atoms with Crippen molar-refractivity contribution in [2.24, 2.45) is 0 Å². The van der Waals surface area contributed by atoms with E-state index in [9.17, 15) is 0 Å². The van der Waals surface area contributed by atoms with Crippen molar-refractivity contribution in [1.82, 2.24) is 10.2 Å². The van der Waals surface area contributed by atoms with Crippen LogP contribution in [-0.4, -0.2) is 30.1 Å². The highest BCUT2D eigenvalue weighted by Crippen LogP contribution is 2.14. The third-order valence-electron chi connectivity index (χ3n) is 2.83. The highest BCUT2D eigenvalue weighted by Gasteiger charge is 2.22. The fraction of sp³-hybridized carbons (Fsp3) is 0.667. The number of likely N-dealkylation sites (tertiary alicyclic amines) is 1. The standard InChI is InChI=1S/C12H20N2O/c1-10(2)13-12-3-5-14(8-12)7-11-4-6-15-9-11/h4,6,9-10,12-13H,3,5,7-8H2,1-2H3. The van der Waals surface area contributed by atoms with Crippen LogP contribution in [0.5, 0.6) is 0 Å². The summed E-state index contributed by atoms with van der Waals surface area (Å²) in [6.45, 7) is 7.78. The second-order valence-electron chi connectivity index (χ2n) is 4.67. The maximum atomic E-state index is 5.07. The van der Waals surface area contributed by atoms with Crippen LogP contribution in [0.1, 0.15) is 25.8 Å². The number of furan rings is 1. The van der Waals surface area contributed by atoms with Crippen LogP contribution < -0.4 is 5.32 Å². The molecule has 1 unspecified atom stereocenters. The molecule has 0 spiro atoms. The predicted molar refractivity (Wildman–Crippen MR) is 60.7 cm³/mol. The molecule has 1 aromatic heterocycles. The van der Waals surface area contributed by atoms with E-state index in [1.54, 1.807) is 6.26 Å². The number of rotatable bonds is 4. The average molecular weight is 208 g/mol. The first kappa shape index (κ1) is 10.7. The summed E-state index contributed by atoms with van der Waals surface area (Å²) in [4.78, 5) is 2.48. The molecule has 1 aliphatic heterocycles. The number of hydrogen-bond acceptors (Lipinski definition) is 3. The fourth-order valence-electron chi connectivity index (χ4n) is 2.22. The van der Waals surface area contributed by atoms with Gasteiger partial charge in [-0.1, -0.05) is 13.8 Å². The Morgan fingerprint density at radius 2 is 2.47 bits per heavy atom. The molecule has 1 aromatic rings. The number of nitrogens with zero attached hydrogens (tertiary/aromatic N) is 1. The third-order valence-corrected chi connectivity index (χ3v) is 2.83. The van der Waals surface area contributed by atoms with E-state index < -0.39 is 0 Å². The van der Waals surface area contributed by atoms with Crippen molar-refractivity contribution in [3.8, 4) is 0 Å². The Hall–Kier alpha value is -0.800. The molecule has 1 fully saturated rings. The van der Waals surface area contributed by atoms with Crippen LogP contribution in [0.2, 0.25) is 0 Å². The van der Waals surface area contributed by atoms with E-state index in [0.29, 0.717) is 12.1 Å². The molecule has 2 rings (SSSR count). The Morgan fingerprint density at radius 3 is 3.13 bits per heavy atom. The molecular formula is C12H20N2O. The molecule has 2 heterocycles. The number of nitrogens with one attached hydrogen (secondary N) is 1. The van der Waals surface area contributed by atoms with Gasteiger partial charge in [-0.15, -0.1) is 0 Å². The van der Waals surface area contributed by atoms with E-state index in [-0.39, 0.29) is 0 Å². The molecule has 0 radical (unpaired) electrons. The molecule has 3 heteroatoms. The largest absolute Gasteiger partial charge is 0.472 e. The van der Waals surface area contributed by atoms with Gasteiger partial charge in [-0.2, -0.15) is 0 Å². The van der Waals surface area contributed by atoms with Crippen molar-refractivity contribution in [3.63, 3.8) is 0 Å². The second kappa shape index (κ2) is 4.81. The molecule has 0 amide bonds. The lowest BCUT2D eigenvalue weighted by Gasteiger charge is -2.17. The first-order valence-electron chi connectivity index (χ1n) is 5.73. The van der Waals surface area contributed by atoms with Crippen molar-refractivity contribution in [2.45, 2.75) is 38.9 Å². The van der Waals surface area contributed by atoms with Gasteiger partial charge in [0.05, 0.1) is 12.5 Å². The van der Waals surface area contributed by atoms with Gasteiger partial charge in [-0.3, -0.25) is 4.90 Å². The van der Waals surface area contributed by atoms with Crippen molar-refractivity contribution < 1.29 is 4.42 Å². The van der Waals surface area contributed by atoms with Crippen molar-refractivity contribution in [3.05, 3.63) is 24.2 Å². The molecule has 1 saturated heterocycles. The minimum absolute atomic E-state index is 0.587. The summed E-state index contributed by atoms with van der Waals surface area (Å²) in [7, 11) is 0. The minimum atomic E-state index is 0.587. The van der Waals surface area contributed by atoms with Crippen molar-refractivity contribution in [2.75, 3.05) is 13.1 Å². The van der Waals surface area contributed by atoms with Crippen LogP contribution in [0.15, 0.2) is 23.0 Å². The van der Waals surface area contributed by atoms with Gasteiger partial charge in [0, 0.05) is 37.3 Å². The summed E-state index contributed by atoms with van der Waals surface area (Å²) in [6, 6.07) is 3.30. The van der Waals surface area contributed by atoms with E-state index in [1.165, 1.54) is 18.5 Å². The zero-order valence-electron chi connectivity index (χ0n) is 9.57. The van der Waals surface area contributed by atoms with Gasteiger partial charge >= 0.3 is 0 Å². The van der Waals surface area contributed by atoms with E-state index in [2.05, 4.69) is 24.1 Å². The molecule has 0 saturated carbocycles. The lowest BCUT2D eigenvalue weighted by atomic mass is 10.2. The number of hydrogen-bond donors (Lipinski definition) is 1. The monoisotopic (exact) mass is 208 g/mol. The first-order chi connectivity index (χ1) is 7.24. The molecule has 15 heavy (non-hydrogen) atoms. The first-order valence-corrected chi connectivity index (χ1v) is 5.73. The Morgan fingerprint density at radius 1 is 1.60 bits per heavy atom. The Kier molecular flexibility index (Phi) is 3.44. The lowest BCUT2D eigenvalue weighted by Crippen LogP contribution is -2.36. The molecule has 0 aliphatic carbocycles.